The molecule has 1 saturated heterocycles. The molecule has 0 aromatic rings. The van der Waals surface area contributed by atoms with Crippen LogP contribution in [0.3, 0.4) is 0 Å². The van der Waals surface area contributed by atoms with Gasteiger partial charge in [0.05, 0.1) is 12.7 Å². The third-order valence-electron chi connectivity index (χ3n) is 5.50. The number of ketones is 1. The van der Waals surface area contributed by atoms with E-state index in [-0.39, 0.29) is 5.92 Å². The number of nitrogens with zero attached hydrogens (tertiary/aromatic N) is 1. The van der Waals surface area contributed by atoms with Crippen LogP contribution in [0.4, 0.5) is 0 Å². The zero-order valence-corrected chi connectivity index (χ0v) is 14.5. The Balaban J connectivity index is 2.00. The molecular formula is C18H33NO2. The van der Waals surface area contributed by atoms with Crippen molar-refractivity contribution in [3.05, 3.63) is 0 Å². The molecule has 0 aromatic carbocycles. The van der Waals surface area contributed by atoms with E-state index in [9.17, 15) is 4.79 Å². The number of hydrogen-bond donors (Lipinski definition) is 0. The molecule has 122 valence electrons. The van der Waals surface area contributed by atoms with Crippen LogP contribution in [0.25, 0.3) is 0 Å². The van der Waals surface area contributed by atoms with Gasteiger partial charge in [-0.15, -0.1) is 0 Å². The molecule has 0 N–H and O–H groups in total. The summed E-state index contributed by atoms with van der Waals surface area (Å²) >= 11 is 0. The Morgan fingerprint density at radius 2 is 2.05 bits per heavy atom. The Kier molecular flexibility index (Phi) is 5.48. The molecule has 0 aromatic heterocycles. The van der Waals surface area contributed by atoms with Gasteiger partial charge in [0, 0.05) is 31.5 Å². The van der Waals surface area contributed by atoms with E-state index in [4.69, 9.17) is 4.74 Å². The lowest BCUT2D eigenvalue weighted by Crippen LogP contribution is -2.51. The van der Waals surface area contributed by atoms with Gasteiger partial charge >= 0.3 is 0 Å². The molecule has 2 aliphatic rings. The Hall–Kier alpha value is -0.410. The Morgan fingerprint density at radius 1 is 1.33 bits per heavy atom. The Labute approximate surface area is 130 Å². The van der Waals surface area contributed by atoms with Crippen LogP contribution >= 0.6 is 0 Å². The molecular weight excluding hydrogens is 262 g/mol. The smallest absolute Gasteiger partial charge is 0.137 e. The number of Topliss-reactive ketones (excluding diaryl/α,β-unsaturated/α-hetero) is 1. The molecule has 1 heterocycles. The highest BCUT2D eigenvalue weighted by Crippen LogP contribution is 2.39. The van der Waals surface area contributed by atoms with E-state index in [1.165, 1.54) is 0 Å². The van der Waals surface area contributed by atoms with E-state index < -0.39 is 0 Å². The van der Waals surface area contributed by atoms with Gasteiger partial charge in [0.25, 0.3) is 0 Å². The van der Waals surface area contributed by atoms with Gasteiger partial charge in [-0.05, 0) is 37.5 Å². The van der Waals surface area contributed by atoms with Crippen LogP contribution in [0.2, 0.25) is 0 Å². The molecule has 4 atom stereocenters. The monoisotopic (exact) mass is 295 g/mol. The first kappa shape index (κ1) is 17.0. The summed E-state index contributed by atoms with van der Waals surface area (Å²) in [4.78, 5) is 14.9. The van der Waals surface area contributed by atoms with Gasteiger partial charge in [-0.2, -0.15) is 0 Å². The maximum atomic E-state index is 12.4. The molecule has 3 heteroatoms. The topological polar surface area (TPSA) is 29.5 Å². The number of carbonyl (C=O) groups excluding carboxylic acids is 1. The quantitative estimate of drug-likeness (QED) is 0.798. The summed E-state index contributed by atoms with van der Waals surface area (Å²) in [5.74, 6) is 1.41. The molecule has 2 rings (SSSR count). The fraction of sp³-hybridized carbons (Fsp3) is 0.944. The third-order valence-corrected chi connectivity index (χ3v) is 5.50. The van der Waals surface area contributed by atoms with Crippen molar-refractivity contribution >= 4 is 5.78 Å². The van der Waals surface area contributed by atoms with Gasteiger partial charge in [0.15, 0.2) is 0 Å². The molecule has 0 radical (unpaired) electrons. The highest BCUT2D eigenvalue weighted by Gasteiger charge is 2.37. The van der Waals surface area contributed by atoms with E-state index in [1.54, 1.807) is 0 Å². The number of rotatable bonds is 3. The molecule has 1 aliphatic heterocycles. The van der Waals surface area contributed by atoms with Crippen molar-refractivity contribution in [1.82, 2.24) is 4.90 Å². The lowest BCUT2D eigenvalue weighted by atomic mass is 9.68. The first-order valence-corrected chi connectivity index (χ1v) is 8.69. The van der Waals surface area contributed by atoms with Gasteiger partial charge in [-0.3, -0.25) is 9.69 Å². The minimum absolute atomic E-state index is 0.238. The van der Waals surface area contributed by atoms with Crippen LogP contribution in [-0.2, 0) is 9.53 Å². The summed E-state index contributed by atoms with van der Waals surface area (Å²) in [6, 6.07) is 0.490. The van der Waals surface area contributed by atoms with Crippen LogP contribution in [0, 0.1) is 17.3 Å². The number of morpholine rings is 1. The van der Waals surface area contributed by atoms with Gasteiger partial charge in [-0.25, -0.2) is 0 Å². The number of carbonyl (C=O) groups is 1. The maximum absolute atomic E-state index is 12.4. The Morgan fingerprint density at radius 3 is 2.67 bits per heavy atom. The maximum Gasteiger partial charge on any atom is 0.137 e. The van der Waals surface area contributed by atoms with Crippen molar-refractivity contribution in [2.24, 2.45) is 17.3 Å². The number of ether oxygens (including phenoxy) is 1. The van der Waals surface area contributed by atoms with Gasteiger partial charge in [0.1, 0.15) is 5.78 Å². The minimum atomic E-state index is 0.238. The van der Waals surface area contributed by atoms with Crippen LogP contribution in [0.1, 0.15) is 60.3 Å². The highest BCUT2D eigenvalue weighted by molar-refractivity contribution is 5.82. The average molecular weight is 295 g/mol. The van der Waals surface area contributed by atoms with Crippen molar-refractivity contribution in [1.29, 1.82) is 0 Å². The second-order valence-corrected chi connectivity index (χ2v) is 8.16. The minimum Gasteiger partial charge on any atom is -0.376 e. The van der Waals surface area contributed by atoms with Crippen molar-refractivity contribution in [2.45, 2.75) is 72.4 Å². The summed E-state index contributed by atoms with van der Waals surface area (Å²) in [5.41, 5.74) is 0.321. The van der Waals surface area contributed by atoms with Crippen molar-refractivity contribution in [3.8, 4) is 0 Å². The van der Waals surface area contributed by atoms with E-state index in [0.717, 1.165) is 45.4 Å². The first-order valence-electron chi connectivity index (χ1n) is 8.69. The normalized spacial score (nSPS) is 36.0. The molecule has 3 nitrogen and oxygen atoms in total. The van der Waals surface area contributed by atoms with Gasteiger partial charge < -0.3 is 4.74 Å². The molecule has 0 amide bonds. The fourth-order valence-electron chi connectivity index (χ4n) is 3.87. The van der Waals surface area contributed by atoms with Crippen LogP contribution in [0.5, 0.6) is 0 Å². The van der Waals surface area contributed by atoms with Gasteiger partial charge in [-0.1, -0.05) is 27.7 Å². The molecule has 21 heavy (non-hydrogen) atoms. The summed E-state index contributed by atoms with van der Waals surface area (Å²) in [6.07, 6.45) is 4.34. The lowest BCUT2D eigenvalue weighted by Gasteiger charge is -2.42. The SMILES string of the molecule is CCC1COC(C)CN1CC1CC(C(C)(C)C)CCC1=O. The number of hydrogen-bond acceptors (Lipinski definition) is 3. The van der Waals surface area contributed by atoms with Crippen LogP contribution in [-0.4, -0.2) is 42.5 Å². The summed E-state index contributed by atoms with van der Waals surface area (Å²) in [6.45, 7) is 14.0. The van der Waals surface area contributed by atoms with E-state index >= 15 is 0 Å². The lowest BCUT2D eigenvalue weighted by molar-refractivity contribution is -0.129. The zero-order valence-electron chi connectivity index (χ0n) is 14.5. The van der Waals surface area contributed by atoms with Crippen LogP contribution < -0.4 is 0 Å². The second kappa shape index (κ2) is 6.78. The predicted octanol–water partition coefficient (Wildman–Crippen LogP) is 3.52. The third kappa shape index (κ3) is 4.29. The van der Waals surface area contributed by atoms with E-state index in [2.05, 4.69) is 39.5 Å². The molecule has 2 fully saturated rings. The molecule has 4 unspecified atom stereocenters. The molecule has 1 aliphatic carbocycles. The van der Waals surface area contributed by atoms with E-state index in [0.29, 0.717) is 29.3 Å². The zero-order chi connectivity index (χ0) is 15.6. The second-order valence-electron chi connectivity index (χ2n) is 8.16. The Bertz CT molecular complexity index is 361. The molecule has 1 saturated carbocycles. The fourth-order valence-corrected chi connectivity index (χ4v) is 3.87. The van der Waals surface area contributed by atoms with Crippen molar-refractivity contribution in [3.63, 3.8) is 0 Å². The molecule has 0 bridgehead atoms. The summed E-state index contributed by atoms with van der Waals surface area (Å²) in [7, 11) is 0. The molecule has 0 spiro atoms. The predicted molar refractivity (Wildman–Crippen MR) is 86.4 cm³/mol. The highest BCUT2D eigenvalue weighted by atomic mass is 16.5. The standard InChI is InChI=1S/C18H33NO2/c1-6-16-12-21-13(2)10-19(16)11-14-9-15(18(3,4)5)7-8-17(14)20/h13-16H,6-12H2,1-5H3. The average Bonchev–Trinajstić information content (AvgIpc) is 2.40. The van der Waals surface area contributed by atoms with E-state index in [1.807, 2.05) is 0 Å². The van der Waals surface area contributed by atoms with Crippen molar-refractivity contribution in [2.75, 3.05) is 19.7 Å². The van der Waals surface area contributed by atoms with Crippen LogP contribution in [0.15, 0.2) is 0 Å². The summed E-state index contributed by atoms with van der Waals surface area (Å²) < 4.78 is 5.78. The van der Waals surface area contributed by atoms with Gasteiger partial charge in [0.2, 0.25) is 0 Å². The largest absolute Gasteiger partial charge is 0.376 e. The summed E-state index contributed by atoms with van der Waals surface area (Å²) in [5, 5.41) is 0. The van der Waals surface area contributed by atoms with Crippen molar-refractivity contribution < 1.29 is 9.53 Å². The first-order chi connectivity index (χ1) is 9.81.